The maximum absolute atomic E-state index is 13.0. The van der Waals surface area contributed by atoms with Crippen molar-refractivity contribution in [2.24, 2.45) is 0 Å². The van der Waals surface area contributed by atoms with Crippen LogP contribution in [0.15, 0.2) is 30.5 Å². The SMILES string of the molecule is COC(=O)c1cc(Nc2ccc(F)cc2C)ncc1N. The number of esters is 1. The molecular weight excluding hydrogens is 261 g/mol. The summed E-state index contributed by atoms with van der Waals surface area (Å²) in [6.45, 7) is 1.77. The number of halogens is 1. The molecule has 1 aromatic carbocycles. The number of aryl methyl sites for hydroxylation is 1. The highest BCUT2D eigenvalue weighted by Crippen LogP contribution is 2.22. The normalized spacial score (nSPS) is 10.2. The summed E-state index contributed by atoms with van der Waals surface area (Å²) in [5.41, 5.74) is 7.55. The Balaban J connectivity index is 2.32. The maximum atomic E-state index is 13.0. The Kier molecular flexibility index (Phi) is 3.84. The number of benzene rings is 1. The van der Waals surface area contributed by atoms with Gasteiger partial charge in [-0.15, -0.1) is 0 Å². The molecule has 3 N–H and O–H groups in total. The largest absolute Gasteiger partial charge is 0.465 e. The molecule has 0 aliphatic heterocycles. The zero-order valence-electron chi connectivity index (χ0n) is 11.1. The predicted octanol–water partition coefficient (Wildman–Crippen LogP) is 2.64. The maximum Gasteiger partial charge on any atom is 0.340 e. The number of nitrogen functional groups attached to an aromatic ring is 1. The molecule has 2 aromatic rings. The summed E-state index contributed by atoms with van der Waals surface area (Å²) in [6, 6.07) is 5.83. The first-order valence-electron chi connectivity index (χ1n) is 5.88. The molecule has 1 aromatic heterocycles. The summed E-state index contributed by atoms with van der Waals surface area (Å²) in [4.78, 5) is 15.6. The first-order chi connectivity index (χ1) is 9.51. The average molecular weight is 275 g/mol. The zero-order valence-corrected chi connectivity index (χ0v) is 11.1. The van der Waals surface area contributed by atoms with Crippen molar-refractivity contribution < 1.29 is 13.9 Å². The molecule has 104 valence electrons. The van der Waals surface area contributed by atoms with Gasteiger partial charge in [0.15, 0.2) is 0 Å². The molecule has 0 saturated carbocycles. The summed E-state index contributed by atoms with van der Waals surface area (Å²) in [5.74, 6) is -0.424. The van der Waals surface area contributed by atoms with Crippen LogP contribution in [0.25, 0.3) is 0 Å². The van der Waals surface area contributed by atoms with Crippen LogP contribution in [0.5, 0.6) is 0 Å². The van der Waals surface area contributed by atoms with Gasteiger partial charge in [0, 0.05) is 5.69 Å². The van der Waals surface area contributed by atoms with E-state index < -0.39 is 5.97 Å². The number of carbonyl (C=O) groups excluding carboxylic acids is 1. The van der Waals surface area contributed by atoms with Gasteiger partial charge in [0.2, 0.25) is 0 Å². The third-order valence-corrected chi connectivity index (χ3v) is 2.79. The molecule has 2 rings (SSSR count). The number of pyridine rings is 1. The molecule has 6 heteroatoms. The third kappa shape index (κ3) is 2.85. The quantitative estimate of drug-likeness (QED) is 0.842. The van der Waals surface area contributed by atoms with E-state index in [0.717, 1.165) is 5.56 Å². The van der Waals surface area contributed by atoms with Crippen LogP contribution in [0.2, 0.25) is 0 Å². The van der Waals surface area contributed by atoms with E-state index in [9.17, 15) is 9.18 Å². The Morgan fingerprint density at radius 1 is 1.40 bits per heavy atom. The number of methoxy groups -OCH3 is 1. The number of carbonyl (C=O) groups is 1. The second kappa shape index (κ2) is 5.56. The van der Waals surface area contributed by atoms with Gasteiger partial charge >= 0.3 is 5.97 Å². The second-order valence-electron chi connectivity index (χ2n) is 4.23. The number of rotatable bonds is 3. The Morgan fingerprint density at radius 2 is 2.15 bits per heavy atom. The minimum Gasteiger partial charge on any atom is -0.465 e. The molecule has 0 radical (unpaired) electrons. The van der Waals surface area contributed by atoms with Crippen LogP contribution in [-0.2, 0) is 4.74 Å². The lowest BCUT2D eigenvalue weighted by Crippen LogP contribution is -2.07. The lowest BCUT2D eigenvalue weighted by Gasteiger charge is -2.10. The van der Waals surface area contributed by atoms with Crippen molar-refractivity contribution in [3.63, 3.8) is 0 Å². The first kappa shape index (κ1) is 13.8. The van der Waals surface area contributed by atoms with Crippen LogP contribution in [0, 0.1) is 12.7 Å². The lowest BCUT2D eigenvalue weighted by molar-refractivity contribution is 0.0602. The number of nitrogens with zero attached hydrogens (tertiary/aromatic N) is 1. The Morgan fingerprint density at radius 3 is 2.80 bits per heavy atom. The van der Waals surface area contributed by atoms with Crippen molar-refractivity contribution in [2.75, 3.05) is 18.2 Å². The van der Waals surface area contributed by atoms with Crippen LogP contribution in [0.3, 0.4) is 0 Å². The molecule has 0 amide bonds. The Hall–Kier alpha value is -2.63. The fraction of sp³-hybridized carbons (Fsp3) is 0.143. The first-order valence-corrected chi connectivity index (χ1v) is 5.88. The van der Waals surface area contributed by atoms with Gasteiger partial charge in [-0.3, -0.25) is 0 Å². The fourth-order valence-corrected chi connectivity index (χ4v) is 1.73. The Bertz CT molecular complexity index is 659. The van der Waals surface area contributed by atoms with Crippen LogP contribution >= 0.6 is 0 Å². The fourth-order valence-electron chi connectivity index (χ4n) is 1.73. The van der Waals surface area contributed by atoms with Crippen LogP contribution < -0.4 is 11.1 Å². The van der Waals surface area contributed by atoms with E-state index in [1.807, 2.05) is 0 Å². The van der Waals surface area contributed by atoms with Gasteiger partial charge < -0.3 is 15.8 Å². The topological polar surface area (TPSA) is 77.2 Å². The van der Waals surface area contributed by atoms with Gasteiger partial charge in [-0.2, -0.15) is 0 Å². The minimum atomic E-state index is -0.538. The molecule has 0 atom stereocenters. The molecule has 0 spiro atoms. The molecular formula is C14H14FN3O2. The number of hydrogen-bond donors (Lipinski definition) is 2. The van der Waals surface area contributed by atoms with Crippen molar-refractivity contribution in [3.8, 4) is 0 Å². The van der Waals surface area contributed by atoms with Gasteiger partial charge in [-0.05, 0) is 36.8 Å². The number of anilines is 3. The number of nitrogens with two attached hydrogens (primary N) is 1. The molecule has 5 nitrogen and oxygen atoms in total. The van der Waals surface area contributed by atoms with Gasteiger partial charge in [-0.25, -0.2) is 14.2 Å². The number of ether oxygens (including phenoxy) is 1. The van der Waals surface area contributed by atoms with Gasteiger partial charge in [0.1, 0.15) is 11.6 Å². The molecule has 0 fully saturated rings. The van der Waals surface area contributed by atoms with E-state index in [1.165, 1.54) is 31.5 Å². The molecule has 0 bridgehead atoms. The minimum absolute atomic E-state index is 0.227. The summed E-state index contributed by atoms with van der Waals surface area (Å²) >= 11 is 0. The van der Waals surface area contributed by atoms with Crippen LogP contribution in [0.4, 0.5) is 21.6 Å². The van der Waals surface area contributed by atoms with Crippen molar-refractivity contribution in [1.82, 2.24) is 4.98 Å². The third-order valence-electron chi connectivity index (χ3n) is 2.79. The molecule has 0 saturated heterocycles. The van der Waals surface area contributed by atoms with Crippen molar-refractivity contribution in [2.45, 2.75) is 6.92 Å². The highest BCUT2D eigenvalue weighted by molar-refractivity contribution is 5.95. The summed E-state index contributed by atoms with van der Waals surface area (Å²) in [5, 5.41) is 3.00. The van der Waals surface area contributed by atoms with E-state index in [2.05, 4.69) is 15.0 Å². The van der Waals surface area contributed by atoms with E-state index >= 15 is 0 Å². The van der Waals surface area contributed by atoms with Crippen molar-refractivity contribution in [1.29, 1.82) is 0 Å². The van der Waals surface area contributed by atoms with Gasteiger partial charge in [0.25, 0.3) is 0 Å². The number of hydrogen-bond acceptors (Lipinski definition) is 5. The summed E-state index contributed by atoms with van der Waals surface area (Å²) in [6.07, 6.45) is 1.37. The van der Waals surface area contributed by atoms with E-state index in [-0.39, 0.29) is 17.1 Å². The highest BCUT2D eigenvalue weighted by atomic mass is 19.1. The number of aromatic nitrogens is 1. The molecule has 0 aliphatic rings. The molecule has 1 heterocycles. The summed E-state index contributed by atoms with van der Waals surface area (Å²) < 4.78 is 17.7. The monoisotopic (exact) mass is 275 g/mol. The molecule has 20 heavy (non-hydrogen) atoms. The van der Waals surface area contributed by atoms with Gasteiger partial charge in [0.05, 0.1) is 24.6 Å². The zero-order chi connectivity index (χ0) is 14.7. The predicted molar refractivity (Wildman–Crippen MR) is 74.4 cm³/mol. The second-order valence-corrected chi connectivity index (χ2v) is 4.23. The Labute approximate surface area is 115 Å². The standard InChI is InChI=1S/C14H14FN3O2/c1-8-5-9(15)3-4-12(8)18-13-6-10(14(19)20-2)11(16)7-17-13/h3-7H,16H2,1-2H3,(H,17,18). The smallest absolute Gasteiger partial charge is 0.340 e. The highest BCUT2D eigenvalue weighted by Gasteiger charge is 2.12. The number of nitrogens with one attached hydrogen (secondary N) is 1. The van der Waals surface area contributed by atoms with E-state index in [0.29, 0.717) is 11.5 Å². The van der Waals surface area contributed by atoms with E-state index in [4.69, 9.17) is 5.73 Å². The van der Waals surface area contributed by atoms with Crippen molar-refractivity contribution in [3.05, 3.63) is 47.4 Å². The van der Waals surface area contributed by atoms with E-state index in [1.54, 1.807) is 13.0 Å². The van der Waals surface area contributed by atoms with Crippen molar-refractivity contribution >= 4 is 23.2 Å². The van der Waals surface area contributed by atoms with Crippen LogP contribution in [-0.4, -0.2) is 18.1 Å². The molecule has 0 aliphatic carbocycles. The summed E-state index contributed by atoms with van der Waals surface area (Å²) in [7, 11) is 1.28. The molecule has 0 unspecified atom stereocenters. The van der Waals surface area contributed by atoms with Crippen LogP contribution in [0.1, 0.15) is 15.9 Å². The average Bonchev–Trinajstić information content (AvgIpc) is 2.43. The van der Waals surface area contributed by atoms with Gasteiger partial charge in [-0.1, -0.05) is 0 Å². The lowest BCUT2D eigenvalue weighted by atomic mass is 10.2.